The van der Waals surface area contributed by atoms with Gasteiger partial charge in [-0.15, -0.1) is 0 Å². The molecule has 1 saturated carbocycles. The summed E-state index contributed by atoms with van der Waals surface area (Å²) in [6, 6.07) is 11.5. The second kappa shape index (κ2) is 12.7. The molecule has 2 aromatic carbocycles. The number of likely N-dealkylation sites (tertiary alicyclic amines) is 1. The maximum atomic E-state index is 14.0. The summed E-state index contributed by atoms with van der Waals surface area (Å²) in [5, 5.41) is 8.85. The summed E-state index contributed by atoms with van der Waals surface area (Å²) in [5.41, 5.74) is 8.15. The minimum absolute atomic E-state index is 0.0483. The van der Waals surface area contributed by atoms with Crippen LogP contribution in [-0.4, -0.2) is 59.6 Å². The second-order valence-electron chi connectivity index (χ2n) is 11.0. The molecule has 0 spiro atoms. The van der Waals surface area contributed by atoms with Gasteiger partial charge >= 0.3 is 5.97 Å². The number of methoxy groups -OCH3 is 1. The molecule has 9 nitrogen and oxygen atoms in total. The van der Waals surface area contributed by atoms with Gasteiger partial charge in [-0.3, -0.25) is 14.3 Å². The van der Waals surface area contributed by atoms with Crippen LogP contribution in [0.5, 0.6) is 0 Å². The molecule has 1 aromatic heterocycles. The van der Waals surface area contributed by atoms with E-state index in [2.05, 4.69) is 14.5 Å². The van der Waals surface area contributed by atoms with Crippen LogP contribution in [0.3, 0.4) is 0 Å². The van der Waals surface area contributed by atoms with Gasteiger partial charge in [0, 0.05) is 42.9 Å². The molecule has 1 aliphatic heterocycles. The molecule has 2 fully saturated rings. The predicted octanol–water partition coefficient (Wildman–Crippen LogP) is 4.64. The molecule has 0 radical (unpaired) electrons. The van der Waals surface area contributed by atoms with Gasteiger partial charge in [0.25, 0.3) is 0 Å². The molecule has 0 amide bonds. The predicted molar refractivity (Wildman–Crippen MR) is 154 cm³/mol. The summed E-state index contributed by atoms with van der Waals surface area (Å²) in [7, 11) is 1.35. The number of aromatic nitrogens is 2. The maximum Gasteiger partial charge on any atom is 0.337 e. The molecule has 0 bridgehead atoms. The van der Waals surface area contributed by atoms with E-state index in [4.69, 9.17) is 25.5 Å². The monoisotopic (exact) mass is 576 g/mol. The SMILES string of the molecule is COC(=O)c1ccc2nc(CN3CCC(N=C/C=C(\N)OCc4ccc(C#N)cc4F)CC3)n(CC3(CF)CC3)c2c1. The number of nitrogens with zero attached hydrogens (tertiary/aromatic N) is 5. The fourth-order valence-corrected chi connectivity index (χ4v) is 5.17. The van der Waals surface area contributed by atoms with Gasteiger partial charge in [0.15, 0.2) is 5.88 Å². The van der Waals surface area contributed by atoms with E-state index in [0.717, 1.165) is 61.7 Å². The summed E-state index contributed by atoms with van der Waals surface area (Å²) in [6.07, 6.45) is 6.57. The van der Waals surface area contributed by atoms with Crippen LogP contribution >= 0.6 is 0 Å². The van der Waals surface area contributed by atoms with E-state index in [9.17, 15) is 13.6 Å². The molecule has 1 saturated heterocycles. The molecule has 11 heteroatoms. The standard InChI is InChI=1S/C31H34F2N6O3/c1-41-30(40)22-4-5-26-27(15-22)39(20-31(19-32)9-10-31)29(37-26)17-38-12-7-24(8-13-38)36-11-6-28(35)42-18-23-3-2-21(16-34)14-25(23)33/h2-6,11,14-15,24H,7-10,12-13,17-20,35H2,1H3/b28-6+,36-11?. The number of halogens is 2. The first-order valence-electron chi connectivity index (χ1n) is 14.0. The highest BCUT2D eigenvalue weighted by molar-refractivity contribution is 5.93. The minimum Gasteiger partial charge on any atom is -0.474 e. The molecular formula is C31H34F2N6O3. The molecule has 42 heavy (non-hydrogen) atoms. The van der Waals surface area contributed by atoms with Gasteiger partial charge in [-0.1, -0.05) is 6.07 Å². The largest absolute Gasteiger partial charge is 0.474 e. The Morgan fingerprint density at radius 3 is 2.71 bits per heavy atom. The fraction of sp³-hybridized carbons (Fsp3) is 0.419. The molecule has 0 atom stereocenters. The number of rotatable bonds is 11. The quantitative estimate of drug-likeness (QED) is 0.201. The first-order chi connectivity index (χ1) is 20.3. The Morgan fingerprint density at radius 2 is 2.05 bits per heavy atom. The van der Waals surface area contributed by atoms with Crippen molar-refractivity contribution in [2.75, 3.05) is 26.9 Å². The number of ether oxygens (including phenoxy) is 2. The van der Waals surface area contributed by atoms with Gasteiger partial charge < -0.3 is 19.8 Å². The summed E-state index contributed by atoms with van der Waals surface area (Å²) in [5.74, 6) is 0.0539. The lowest BCUT2D eigenvalue weighted by Gasteiger charge is -2.30. The zero-order valence-corrected chi connectivity index (χ0v) is 23.6. The zero-order valence-electron chi connectivity index (χ0n) is 23.6. The van der Waals surface area contributed by atoms with E-state index in [1.54, 1.807) is 24.4 Å². The second-order valence-corrected chi connectivity index (χ2v) is 11.0. The lowest BCUT2D eigenvalue weighted by molar-refractivity contribution is 0.0601. The van der Waals surface area contributed by atoms with Gasteiger partial charge in [0.05, 0.1) is 54.6 Å². The number of hydrogen-bond donors (Lipinski definition) is 1. The summed E-state index contributed by atoms with van der Waals surface area (Å²) >= 11 is 0. The van der Waals surface area contributed by atoms with Gasteiger partial charge in [-0.25, -0.2) is 14.2 Å². The van der Waals surface area contributed by atoms with E-state index in [0.29, 0.717) is 24.2 Å². The average molecular weight is 577 g/mol. The molecular weight excluding hydrogens is 542 g/mol. The van der Waals surface area contributed by atoms with Crippen LogP contribution in [0.2, 0.25) is 0 Å². The van der Waals surface area contributed by atoms with Crippen molar-refractivity contribution in [3.05, 3.63) is 76.7 Å². The highest BCUT2D eigenvalue weighted by Gasteiger charge is 2.44. The van der Waals surface area contributed by atoms with Gasteiger partial charge in [-0.2, -0.15) is 5.26 Å². The molecule has 220 valence electrons. The highest BCUT2D eigenvalue weighted by Crippen LogP contribution is 2.48. The van der Waals surface area contributed by atoms with E-state index >= 15 is 0 Å². The Bertz CT molecular complexity index is 1550. The first kappa shape index (κ1) is 29.2. The van der Waals surface area contributed by atoms with E-state index in [-0.39, 0.29) is 36.2 Å². The van der Waals surface area contributed by atoms with Crippen molar-refractivity contribution in [2.45, 2.75) is 51.4 Å². The van der Waals surface area contributed by atoms with Crippen molar-refractivity contribution in [2.24, 2.45) is 16.1 Å². The third-order valence-corrected chi connectivity index (χ3v) is 8.02. The van der Waals surface area contributed by atoms with Crippen LogP contribution in [0.4, 0.5) is 8.78 Å². The van der Waals surface area contributed by atoms with Crippen LogP contribution in [0.1, 0.15) is 53.0 Å². The number of carbonyl (C=O) groups excluding carboxylic acids is 1. The number of nitrogens with two attached hydrogens (primary N) is 1. The number of piperidine rings is 1. The molecule has 5 rings (SSSR count). The molecule has 3 aromatic rings. The lowest BCUT2D eigenvalue weighted by Crippen LogP contribution is -2.35. The third-order valence-electron chi connectivity index (χ3n) is 8.02. The fourth-order valence-electron chi connectivity index (χ4n) is 5.17. The van der Waals surface area contributed by atoms with E-state index in [1.165, 1.54) is 19.2 Å². The highest BCUT2D eigenvalue weighted by atomic mass is 19.1. The Labute approximate surface area is 243 Å². The van der Waals surface area contributed by atoms with Crippen molar-refractivity contribution in [1.82, 2.24) is 14.5 Å². The van der Waals surface area contributed by atoms with Crippen molar-refractivity contribution >= 4 is 23.2 Å². The Morgan fingerprint density at radius 1 is 1.26 bits per heavy atom. The summed E-state index contributed by atoms with van der Waals surface area (Å²) in [4.78, 5) is 23.9. The van der Waals surface area contributed by atoms with Crippen LogP contribution in [0.25, 0.3) is 11.0 Å². The van der Waals surface area contributed by atoms with Crippen LogP contribution in [-0.2, 0) is 29.2 Å². The Hall–Kier alpha value is -4.30. The number of fused-ring (bicyclic) bond motifs is 1. The molecule has 2 aliphatic rings. The minimum atomic E-state index is -0.516. The van der Waals surface area contributed by atoms with Crippen molar-refractivity contribution in [1.29, 1.82) is 5.26 Å². The Balaban J connectivity index is 1.18. The number of hydrogen-bond acceptors (Lipinski definition) is 8. The first-order valence-corrected chi connectivity index (χ1v) is 14.0. The number of allylic oxidation sites excluding steroid dienone is 1. The Kier molecular flexibility index (Phi) is 8.83. The summed E-state index contributed by atoms with van der Waals surface area (Å²) in [6.45, 7) is 2.37. The van der Waals surface area contributed by atoms with E-state index in [1.807, 2.05) is 12.1 Å². The number of carbonyl (C=O) groups is 1. The number of alkyl halides is 1. The number of imidazole rings is 1. The zero-order chi connectivity index (χ0) is 29.7. The lowest BCUT2D eigenvalue weighted by atomic mass is 10.1. The van der Waals surface area contributed by atoms with Crippen LogP contribution < -0.4 is 5.73 Å². The number of aliphatic imine (C=N–C) groups is 1. The average Bonchev–Trinajstić information content (AvgIpc) is 3.71. The van der Waals surface area contributed by atoms with Gasteiger partial charge in [-0.05, 0) is 56.0 Å². The van der Waals surface area contributed by atoms with E-state index < -0.39 is 11.8 Å². The summed E-state index contributed by atoms with van der Waals surface area (Å²) < 4.78 is 40.3. The number of esters is 1. The third kappa shape index (κ3) is 6.77. The maximum absolute atomic E-state index is 14.0. The van der Waals surface area contributed by atoms with Gasteiger partial charge in [0.2, 0.25) is 0 Å². The number of nitriles is 1. The van der Waals surface area contributed by atoms with Crippen molar-refractivity contribution in [3.8, 4) is 6.07 Å². The molecule has 0 unspecified atom stereocenters. The van der Waals surface area contributed by atoms with Crippen molar-refractivity contribution in [3.63, 3.8) is 0 Å². The normalized spacial score (nSPS) is 17.4. The van der Waals surface area contributed by atoms with Crippen LogP contribution in [0, 0.1) is 22.6 Å². The number of benzene rings is 2. The molecule has 1 aliphatic carbocycles. The van der Waals surface area contributed by atoms with Crippen LogP contribution in [0.15, 0.2) is 53.3 Å². The topological polar surface area (TPSA) is 119 Å². The smallest absolute Gasteiger partial charge is 0.337 e. The molecule has 2 heterocycles. The molecule has 2 N–H and O–H groups in total. The van der Waals surface area contributed by atoms with Crippen molar-refractivity contribution < 1.29 is 23.0 Å². The van der Waals surface area contributed by atoms with Gasteiger partial charge in [0.1, 0.15) is 18.2 Å².